The van der Waals surface area contributed by atoms with Crippen molar-refractivity contribution in [3.63, 3.8) is 0 Å². The van der Waals surface area contributed by atoms with Gasteiger partial charge in [0.05, 0.1) is 22.7 Å². The molecular formula is C83H61N3. The molecule has 17 rings (SSSR count). The van der Waals surface area contributed by atoms with Crippen molar-refractivity contribution < 1.29 is 0 Å². The number of rotatable bonds is 8. The number of hydrogen-bond donors (Lipinski definition) is 0. The maximum atomic E-state index is 5.11. The van der Waals surface area contributed by atoms with Crippen LogP contribution in [0.3, 0.4) is 0 Å². The molecule has 0 saturated heterocycles. The number of aryl methyl sites for hydroxylation is 1. The van der Waals surface area contributed by atoms with Crippen LogP contribution in [-0.4, -0.2) is 0 Å². The minimum Gasteiger partial charge on any atom is -0.312 e. The number of hydrogen-bond acceptors (Lipinski definition) is 3. The molecule has 13 aromatic rings. The van der Waals surface area contributed by atoms with Gasteiger partial charge in [0.2, 0.25) is 0 Å². The first-order valence-corrected chi connectivity index (χ1v) is 30.4. The second-order valence-electron chi connectivity index (χ2n) is 24.3. The van der Waals surface area contributed by atoms with Gasteiger partial charge in [-0.3, -0.25) is 0 Å². The Balaban J connectivity index is 0.817. The van der Waals surface area contributed by atoms with E-state index in [0.29, 0.717) is 0 Å². The van der Waals surface area contributed by atoms with E-state index < -0.39 is 0 Å². The van der Waals surface area contributed by atoms with Gasteiger partial charge in [-0.15, -0.1) is 0 Å². The normalized spacial score (nSPS) is 14.6. The van der Waals surface area contributed by atoms with Gasteiger partial charge in [0.25, 0.3) is 0 Å². The standard InChI is InChI=1S/C83H61N3/c1-53-74-50-62(68-41-44-78(72-28-14-12-26-70(68)72)84(64-37-32-54-18-4-8-22-58(54)46-64)65-38-33-55-19-5-9-23-59(55)47-65)36-43-80(74)86-81-31-17-16-30-76(81)83(2,3)77-52-63(51-75(53)82(77)86)69-42-45-79(73-29-15-13-27-71(69)73)85(66-39-34-56-20-6-10-24-60(56)48-66)67-40-35-57-21-7-11-25-61(57)49-67/h4-8,10-16,18-22,24-30,32-52H,1,9,17,23,31H2,2-3H3. The summed E-state index contributed by atoms with van der Waals surface area (Å²) >= 11 is 0. The molecule has 408 valence electrons. The zero-order valence-corrected chi connectivity index (χ0v) is 48.4. The molecule has 0 aromatic heterocycles. The summed E-state index contributed by atoms with van der Waals surface area (Å²) in [6, 6.07) is 93.2. The third-order valence-electron chi connectivity index (χ3n) is 19.1. The Kier molecular flexibility index (Phi) is 11.4. The van der Waals surface area contributed by atoms with E-state index in [9.17, 15) is 0 Å². The molecule has 13 aromatic carbocycles. The van der Waals surface area contributed by atoms with Crippen LogP contribution in [0.15, 0.2) is 285 Å². The fourth-order valence-corrected chi connectivity index (χ4v) is 14.8. The Morgan fingerprint density at radius 2 is 0.884 bits per heavy atom. The molecule has 86 heavy (non-hydrogen) atoms. The van der Waals surface area contributed by atoms with Crippen molar-refractivity contribution in [3.8, 4) is 22.3 Å². The lowest BCUT2D eigenvalue weighted by molar-refractivity contribution is 0.603. The van der Waals surface area contributed by atoms with E-state index in [0.717, 1.165) is 65.3 Å². The Labute approximate surface area is 502 Å². The summed E-state index contributed by atoms with van der Waals surface area (Å²) in [7, 11) is 0. The Morgan fingerprint density at radius 3 is 1.48 bits per heavy atom. The molecule has 0 saturated carbocycles. The minimum atomic E-state index is -0.267. The molecule has 4 aliphatic rings. The molecular weight excluding hydrogens is 1040 g/mol. The molecule has 0 atom stereocenters. The first-order valence-electron chi connectivity index (χ1n) is 30.4. The summed E-state index contributed by atoms with van der Waals surface area (Å²) in [6.45, 7) is 9.97. The van der Waals surface area contributed by atoms with E-state index in [4.69, 9.17) is 6.58 Å². The fourth-order valence-electron chi connectivity index (χ4n) is 14.8. The SMILES string of the molecule is C=C1c2cc(-c3ccc(N(c4ccc5c(c4)CCC=C5)c4ccc5ccccc5c4)c4ccccc34)ccc2N2C3=C(C=CCC3)C(C)(C)c3cc(-c4ccc(N(c5ccc6ccccc6c5)c5ccc6ccccc6c5)c5ccccc45)cc1c32. The maximum absolute atomic E-state index is 5.11. The van der Waals surface area contributed by atoms with Gasteiger partial charge in [0.1, 0.15) is 0 Å². The molecule has 0 fully saturated rings. The molecule has 0 spiro atoms. The highest BCUT2D eigenvalue weighted by Gasteiger charge is 2.43. The summed E-state index contributed by atoms with van der Waals surface area (Å²) in [5.41, 5.74) is 24.0. The predicted molar refractivity (Wildman–Crippen MR) is 367 cm³/mol. The zero-order valence-electron chi connectivity index (χ0n) is 48.4. The van der Waals surface area contributed by atoms with Crippen LogP contribution >= 0.6 is 0 Å². The average molecular weight is 1100 g/mol. The third kappa shape index (κ3) is 7.88. The van der Waals surface area contributed by atoms with Gasteiger partial charge in [-0.1, -0.05) is 209 Å². The molecule has 2 aliphatic heterocycles. The third-order valence-corrected chi connectivity index (χ3v) is 19.1. The summed E-state index contributed by atoms with van der Waals surface area (Å²) in [5.74, 6) is 0. The molecule has 0 N–H and O–H groups in total. The van der Waals surface area contributed by atoms with Crippen LogP contribution in [0.4, 0.5) is 45.5 Å². The van der Waals surface area contributed by atoms with Crippen LogP contribution in [0, 0.1) is 0 Å². The van der Waals surface area contributed by atoms with Gasteiger partial charge < -0.3 is 14.7 Å². The highest BCUT2D eigenvalue weighted by molar-refractivity contribution is 6.11. The Hall–Kier alpha value is -10.5. The Bertz CT molecular complexity index is 5070. The van der Waals surface area contributed by atoms with Gasteiger partial charge in [0, 0.05) is 55.8 Å². The zero-order chi connectivity index (χ0) is 57.2. The van der Waals surface area contributed by atoms with Crippen LogP contribution < -0.4 is 14.7 Å². The van der Waals surface area contributed by atoms with Crippen LogP contribution in [0.5, 0.6) is 0 Å². The van der Waals surface area contributed by atoms with E-state index in [1.54, 1.807) is 0 Å². The van der Waals surface area contributed by atoms with Crippen LogP contribution in [0.1, 0.15) is 60.9 Å². The summed E-state index contributed by atoms with van der Waals surface area (Å²) in [6.07, 6.45) is 13.4. The van der Waals surface area contributed by atoms with Crippen LogP contribution in [0.2, 0.25) is 0 Å². The van der Waals surface area contributed by atoms with E-state index >= 15 is 0 Å². The lowest BCUT2D eigenvalue weighted by Crippen LogP contribution is -2.37. The molecule has 0 amide bonds. The highest BCUT2D eigenvalue weighted by atomic mass is 15.2. The van der Waals surface area contributed by atoms with Crippen molar-refractivity contribution in [2.75, 3.05) is 14.7 Å². The summed E-state index contributed by atoms with van der Waals surface area (Å²) in [5, 5.41) is 12.1. The fraction of sp³-hybridized carbons (Fsp3) is 0.0843. The highest BCUT2D eigenvalue weighted by Crippen LogP contribution is 2.59. The quantitative estimate of drug-likeness (QED) is 0.150. The second-order valence-corrected chi connectivity index (χ2v) is 24.3. The van der Waals surface area contributed by atoms with Gasteiger partial charge in [-0.05, 0) is 204 Å². The van der Waals surface area contributed by atoms with Crippen molar-refractivity contribution in [3.05, 3.63) is 313 Å². The lowest BCUT2D eigenvalue weighted by atomic mass is 9.68. The van der Waals surface area contributed by atoms with Gasteiger partial charge in [0.15, 0.2) is 0 Å². The number of anilines is 8. The smallest absolute Gasteiger partial charge is 0.0578 e. The van der Waals surface area contributed by atoms with Crippen molar-refractivity contribution in [1.82, 2.24) is 0 Å². The monoisotopic (exact) mass is 1100 g/mol. The second kappa shape index (κ2) is 19.6. The van der Waals surface area contributed by atoms with E-state index in [1.807, 2.05) is 0 Å². The van der Waals surface area contributed by atoms with E-state index in [2.05, 4.69) is 302 Å². The van der Waals surface area contributed by atoms with E-state index in [1.165, 1.54) is 127 Å². The molecule has 3 nitrogen and oxygen atoms in total. The van der Waals surface area contributed by atoms with E-state index in [-0.39, 0.29) is 5.41 Å². The first kappa shape index (κ1) is 50.1. The predicted octanol–water partition coefficient (Wildman–Crippen LogP) is 23.1. The van der Waals surface area contributed by atoms with Crippen molar-refractivity contribution in [1.29, 1.82) is 0 Å². The number of allylic oxidation sites excluding steroid dienone is 5. The summed E-state index contributed by atoms with van der Waals surface area (Å²) in [4.78, 5) is 7.55. The molecule has 0 radical (unpaired) electrons. The number of benzene rings is 13. The minimum absolute atomic E-state index is 0.267. The van der Waals surface area contributed by atoms with Crippen LogP contribution in [-0.2, 0) is 11.8 Å². The molecule has 3 heteroatoms. The largest absolute Gasteiger partial charge is 0.312 e. The molecule has 2 heterocycles. The number of fused-ring (bicyclic) bond motifs is 9. The van der Waals surface area contributed by atoms with Crippen LogP contribution in [0.25, 0.3) is 87.8 Å². The van der Waals surface area contributed by atoms with Gasteiger partial charge in [-0.25, -0.2) is 0 Å². The topological polar surface area (TPSA) is 9.72 Å². The van der Waals surface area contributed by atoms with Crippen molar-refractivity contribution >= 4 is 111 Å². The lowest BCUT2D eigenvalue weighted by Gasteiger charge is -2.48. The van der Waals surface area contributed by atoms with Crippen molar-refractivity contribution in [2.45, 2.75) is 44.9 Å². The average Bonchev–Trinajstić information content (AvgIpc) is 0.983. The van der Waals surface area contributed by atoms with Crippen molar-refractivity contribution in [2.24, 2.45) is 0 Å². The number of nitrogens with zero attached hydrogens (tertiary/aromatic N) is 3. The Morgan fingerprint density at radius 1 is 0.395 bits per heavy atom. The van der Waals surface area contributed by atoms with Gasteiger partial charge in [-0.2, -0.15) is 0 Å². The molecule has 0 bridgehead atoms. The maximum Gasteiger partial charge on any atom is 0.0578 e. The molecule has 0 unspecified atom stereocenters. The van der Waals surface area contributed by atoms with Gasteiger partial charge >= 0.3 is 0 Å². The molecule has 2 aliphatic carbocycles. The summed E-state index contributed by atoms with van der Waals surface area (Å²) < 4.78 is 0. The first-order chi connectivity index (χ1) is 42.3.